The lowest BCUT2D eigenvalue weighted by atomic mass is 10.1. The molecule has 0 radical (unpaired) electrons. The third-order valence-electron chi connectivity index (χ3n) is 4.30. The van der Waals surface area contributed by atoms with Gasteiger partial charge in [0.25, 0.3) is 0 Å². The molecule has 0 aliphatic rings. The predicted molar refractivity (Wildman–Crippen MR) is 99.5 cm³/mol. The zero-order valence-corrected chi connectivity index (χ0v) is 15.4. The quantitative estimate of drug-likeness (QED) is 0.373. The third-order valence-corrected chi connectivity index (χ3v) is 4.30. The van der Waals surface area contributed by atoms with E-state index in [1.165, 1.54) is 38.5 Å². The van der Waals surface area contributed by atoms with Gasteiger partial charge in [0.05, 0.1) is 0 Å². The van der Waals surface area contributed by atoms with Crippen LogP contribution in [0.1, 0.15) is 76.7 Å². The summed E-state index contributed by atoms with van der Waals surface area (Å²) in [5, 5.41) is 9.24. The molecule has 0 amide bonds. The minimum Gasteiger partial charge on any atom is -0.478 e. The van der Waals surface area contributed by atoms with Gasteiger partial charge in [-0.3, -0.25) is 4.79 Å². The molecule has 0 spiro atoms. The van der Waals surface area contributed by atoms with Crippen LogP contribution in [0.4, 0.5) is 0 Å². The van der Waals surface area contributed by atoms with Gasteiger partial charge in [-0.2, -0.15) is 0 Å². The second-order valence-electron chi connectivity index (χ2n) is 6.58. The van der Waals surface area contributed by atoms with Crippen molar-refractivity contribution >= 4 is 11.9 Å². The first-order valence-corrected chi connectivity index (χ1v) is 9.59. The molecule has 1 aromatic rings. The Kier molecular flexibility index (Phi) is 11.4. The Labute approximate surface area is 151 Å². The monoisotopic (exact) mass is 348 g/mol. The molecular weight excluding hydrogens is 316 g/mol. The Morgan fingerprint density at radius 2 is 1.48 bits per heavy atom. The molecular formula is C21H32O4. The van der Waals surface area contributed by atoms with Crippen LogP contribution in [0, 0.1) is 0 Å². The molecule has 1 N–H and O–H groups in total. The fraction of sp³-hybridized carbons (Fsp3) is 0.619. The van der Waals surface area contributed by atoms with Crippen molar-refractivity contribution in [3.63, 3.8) is 0 Å². The number of benzene rings is 1. The normalized spacial score (nSPS) is 11.9. The molecule has 4 nitrogen and oxygen atoms in total. The van der Waals surface area contributed by atoms with E-state index < -0.39 is 18.0 Å². The number of carbonyl (C=O) groups excluding carboxylic acids is 1. The third kappa shape index (κ3) is 10.6. The number of hydrogen-bond donors (Lipinski definition) is 1. The van der Waals surface area contributed by atoms with E-state index >= 15 is 0 Å². The van der Waals surface area contributed by atoms with Crippen LogP contribution in [-0.2, 0) is 20.7 Å². The first-order chi connectivity index (χ1) is 12.1. The average molecular weight is 348 g/mol. The average Bonchev–Trinajstić information content (AvgIpc) is 2.60. The van der Waals surface area contributed by atoms with E-state index in [2.05, 4.69) is 6.92 Å². The first kappa shape index (κ1) is 21.2. The smallest absolute Gasteiger partial charge is 0.345 e. The van der Waals surface area contributed by atoms with Crippen molar-refractivity contribution in [1.82, 2.24) is 0 Å². The lowest BCUT2D eigenvalue weighted by Crippen LogP contribution is -2.29. The summed E-state index contributed by atoms with van der Waals surface area (Å²) in [6, 6.07) is 9.24. The molecule has 0 fully saturated rings. The number of rotatable bonds is 14. The fourth-order valence-corrected chi connectivity index (χ4v) is 2.81. The summed E-state index contributed by atoms with van der Waals surface area (Å²) >= 11 is 0. The van der Waals surface area contributed by atoms with Crippen molar-refractivity contribution < 1.29 is 19.4 Å². The zero-order chi connectivity index (χ0) is 18.3. The molecule has 1 rings (SSSR count). The molecule has 0 aliphatic carbocycles. The van der Waals surface area contributed by atoms with Crippen LogP contribution in [0.2, 0.25) is 0 Å². The second kappa shape index (κ2) is 13.5. The molecule has 4 heteroatoms. The Morgan fingerprint density at radius 3 is 2.04 bits per heavy atom. The van der Waals surface area contributed by atoms with Crippen molar-refractivity contribution in [1.29, 1.82) is 0 Å². The molecule has 0 heterocycles. The standard InChI is InChI=1S/C21H32O4/c1-2-3-4-5-6-7-8-9-13-16-20(22)25-19(21(23)24)17-18-14-11-10-12-15-18/h10-12,14-15,19H,2-9,13,16-17H2,1H3,(H,23,24). The van der Waals surface area contributed by atoms with Gasteiger partial charge in [-0.15, -0.1) is 0 Å². The highest BCUT2D eigenvalue weighted by molar-refractivity contribution is 5.78. The molecule has 0 aliphatic heterocycles. The highest BCUT2D eigenvalue weighted by Crippen LogP contribution is 2.12. The first-order valence-electron chi connectivity index (χ1n) is 9.59. The van der Waals surface area contributed by atoms with Crippen LogP contribution >= 0.6 is 0 Å². The molecule has 1 atom stereocenters. The number of aliphatic carboxylic acids is 1. The summed E-state index contributed by atoms with van der Waals surface area (Å²) in [5.74, 6) is -1.50. The summed E-state index contributed by atoms with van der Waals surface area (Å²) in [6.45, 7) is 2.22. The molecule has 140 valence electrons. The maximum atomic E-state index is 11.9. The van der Waals surface area contributed by atoms with Crippen LogP contribution < -0.4 is 0 Å². The lowest BCUT2D eigenvalue weighted by molar-refractivity contribution is -0.164. The van der Waals surface area contributed by atoms with Gasteiger partial charge in [0.15, 0.2) is 0 Å². The van der Waals surface area contributed by atoms with Gasteiger partial charge >= 0.3 is 11.9 Å². The SMILES string of the molecule is CCCCCCCCCCCC(=O)OC(Cc1ccccc1)C(=O)O. The molecule has 1 aromatic carbocycles. The number of carboxylic acids is 1. The molecule has 0 aromatic heterocycles. The summed E-state index contributed by atoms with van der Waals surface area (Å²) in [7, 11) is 0. The van der Waals surface area contributed by atoms with E-state index in [4.69, 9.17) is 4.74 Å². The van der Waals surface area contributed by atoms with E-state index in [0.717, 1.165) is 24.8 Å². The van der Waals surface area contributed by atoms with Crippen molar-refractivity contribution in [3.8, 4) is 0 Å². The van der Waals surface area contributed by atoms with E-state index in [-0.39, 0.29) is 6.42 Å². The van der Waals surface area contributed by atoms with Crippen LogP contribution in [0.15, 0.2) is 30.3 Å². The topological polar surface area (TPSA) is 63.6 Å². The van der Waals surface area contributed by atoms with E-state index in [0.29, 0.717) is 6.42 Å². The number of ether oxygens (including phenoxy) is 1. The zero-order valence-electron chi connectivity index (χ0n) is 15.4. The Hall–Kier alpha value is -1.84. The maximum Gasteiger partial charge on any atom is 0.345 e. The summed E-state index contributed by atoms with van der Waals surface area (Å²) in [6.07, 6.45) is 9.99. The Bertz CT molecular complexity index is 484. The Balaban J connectivity index is 2.15. The van der Waals surface area contributed by atoms with Crippen molar-refractivity contribution in [3.05, 3.63) is 35.9 Å². The number of esters is 1. The van der Waals surface area contributed by atoms with Crippen LogP contribution in [0.25, 0.3) is 0 Å². The van der Waals surface area contributed by atoms with Gasteiger partial charge < -0.3 is 9.84 Å². The van der Waals surface area contributed by atoms with E-state index in [9.17, 15) is 14.7 Å². The molecule has 0 saturated carbocycles. The highest BCUT2D eigenvalue weighted by Gasteiger charge is 2.22. The molecule has 25 heavy (non-hydrogen) atoms. The van der Waals surface area contributed by atoms with Crippen molar-refractivity contribution in [2.24, 2.45) is 0 Å². The number of unbranched alkanes of at least 4 members (excludes halogenated alkanes) is 8. The van der Waals surface area contributed by atoms with Gasteiger partial charge in [0, 0.05) is 12.8 Å². The highest BCUT2D eigenvalue weighted by atomic mass is 16.6. The molecule has 1 unspecified atom stereocenters. The van der Waals surface area contributed by atoms with Crippen LogP contribution in [0.3, 0.4) is 0 Å². The predicted octanol–water partition coefficient (Wildman–Crippen LogP) is 5.15. The minimum absolute atomic E-state index is 0.208. The van der Waals surface area contributed by atoms with Crippen molar-refractivity contribution in [2.75, 3.05) is 0 Å². The largest absolute Gasteiger partial charge is 0.478 e. The maximum absolute atomic E-state index is 11.9. The summed E-state index contributed by atoms with van der Waals surface area (Å²) in [4.78, 5) is 23.2. The molecule has 0 saturated heterocycles. The van der Waals surface area contributed by atoms with E-state index in [1.807, 2.05) is 30.3 Å². The van der Waals surface area contributed by atoms with Gasteiger partial charge in [-0.1, -0.05) is 88.6 Å². The van der Waals surface area contributed by atoms with Crippen molar-refractivity contribution in [2.45, 2.75) is 83.7 Å². The lowest BCUT2D eigenvalue weighted by Gasteiger charge is -2.14. The minimum atomic E-state index is -1.10. The fourth-order valence-electron chi connectivity index (χ4n) is 2.81. The van der Waals surface area contributed by atoms with E-state index in [1.54, 1.807) is 0 Å². The number of carbonyl (C=O) groups is 2. The van der Waals surface area contributed by atoms with Gasteiger partial charge in [-0.25, -0.2) is 4.79 Å². The summed E-state index contributed by atoms with van der Waals surface area (Å²) in [5.41, 5.74) is 0.853. The van der Waals surface area contributed by atoms with Gasteiger partial charge in [-0.05, 0) is 12.0 Å². The second-order valence-corrected chi connectivity index (χ2v) is 6.58. The van der Waals surface area contributed by atoms with Crippen LogP contribution in [-0.4, -0.2) is 23.1 Å². The summed E-state index contributed by atoms with van der Waals surface area (Å²) < 4.78 is 5.15. The Morgan fingerprint density at radius 1 is 0.920 bits per heavy atom. The number of hydrogen-bond acceptors (Lipinski definition) is 3. The number of carboxylic acid groups (broad SMARTS) is 1. The van der Waals surface area contributed by atoms with Gasteiger partial charge in [0.2, 0.25) is 6.10 Å². The van der Waals surface area contributed by atoms with Crippen LogP contribution in [0.5, 0.6) is 0 Å². The molecule has 0 bridgehead atoms. The van der Waals surface area contributed by atoms with Gasteiger partial charge in [0.1, 0.15) is 0 Å².